The topological polar surface area (TPSA) is 40.5 Å². The van der Waals surface area contributed by atoms with Crippen molar-refractivity contribution in [2.45, 2.75) is 56.5 Å². The average molecular weight is 497 g/mol. The number of aliphatic carboxylic acids is 1. The third-order valence-corrected chi connectivity index (χ3v) is 6.18. The Hall–Kier alpha value is -1.52. The van der Waals surface area contributed by atoms with Gasteiger partial charge >= 0.3 is 5.97 Å². The third-order valence-electron chi connectivity index (χ3n) is 5.70. The van der Waals surface area contributed by atoms with Crippen molar-refractivity contribution in [3.63, 3.8) is 0 Å². The molecule has 3 rings (SSSR count). The fraction of sp³-hybridized carbons (Fsp3) is 0.423. The van der Waals surface area contributed by atoms with Crippen LogP contribution in [0.1, 0.15) is 44.7 Å². The van der Waals surface area contributed by atoms with E-state index < -0.39 is 9.76 Å². The second-order valence-electron chi connectivity index (χ2n) is 9.21. The van der Waals surface area contributed by atoms with Gasteiger partial charge in [0.2, 0.25) is 0 Å². The summed E-state index contributed by atoms with van der Waals surface area (Å²) in [5, 5.41) is 7.85. The van der Waals surface area contributed by atoms with Crippen LogP contribution < -0.4 is 0 Å². The summed E-state index contributed by atoms with van der Waals surface area (Å²) in [6.07, 6.45) is 7.31. The summed E-state index contributed by atoms with van der Waals surface area (Å²) in [4.78, 5) is 12.3. The van der Waals surface area contributed by atoms with Crippen LogP contribution in [0.5, 0.6) is 0 Å². The molecule has 0 spiro atoms. The van der Waals surface area contributed by atoms with E-state index in [0.717, 1.165) is 19.0 Å². The first-order valence-electron chi connectivity index (χ1n) is 10.8. The van der Waals surface area contributed by atoms with Crippen molar-refractivity contribution in [2.24, 2.45) is 11.3 Å². The molecule has 0 aromatic heterocycles. The van der Waals surface area contributed by atoms with Crippen LogP contribution in [-0.2, 0) is 17.9 Å². The molecular formula is C26H32Cl3NO2. The first-order valence-corrected chi connectivity index (χ1v) is 11.9. The highest BCUT2D eigenvalue weighted by atomic mass is 35.6. The zero-order valence-corrected chi connectivity index (χ0v) is 21.1. The van der Waals surface area contributed by atoms with Crippen molar-refractivity contribution < 1.29 is 9.90 Å². The summed E-state index contributed by atoms with van der Waals surface area (Å²) < 4.78 is -2.17. The Morgan fingerprint density at radius 2 is 1.38 bits per heavy atom. The molecule has 6 heteroatoms. The van der Waals surface area contributed by atoms with Gasteiger partial charge in [-0.3, -0.25) is 4.90 Å². The second-order valence-corrected chi connectivity index (χ2v) is 11.5. The maximum absolute atomic E-state index is 9.62. The van der Waals surface area contributed by atoms with Gasteiger partial charge in [0.05, 0.1) is 0 Å². The molecule has 0 unspecified atom stereocenters. The lowest BCUT2D eigenvalue weighted by Gasteiger charge is -2.39. The molecule has 0 aliphatic heterocycles. The SMILES string of the molecule is CC(C)(C)[C@H]1CC=C[C@H](N(Cc2ccccc2)Cc2ccccc2)C1.O=C(O)C(Cl)(Cl)Cl. The Morgan fingerprint density at radius 1 is 0.938 bits per heavy atom. The molecule has 2 atom stereocenters. The van der Waals surface area contributed by atoms with Gasteiger partial charge in [0.1, 0.15) is 0 Å². The minimum absolute atomic E-state index is 0.369. The Kier molecular flexibility index (Phi) is 10.1. The molecular weight excluding hydrogens is 465 g/mol. The minimum Gasteiger partial charge on any atom is -0.478 e. The highest BCUT2D eigenvalue weighted by molar-refractivity contribution is 6.75. The maximum Gasteiger partial charge on any atom is 0.356 e. The lowest BCUT2D eigenvalue weighted by atomic mass is 9.73. The molecule has 174 valence electrons. The molecule has 2 aromatic rings. The van der Waals surface area contributed by atoms with E-state index in [-0.39, 0.29) is 0 Å². The van der Waals surface area contributed by atoms with Crippen molar-refractivity contribution in [3.05, 3.63) is 83.9 Å². The van der Waals surface area contributed by atoms with Gasteiger partial charge in [-0.2, -0.15) is 0 Å². The lowest BCUT2D eigenvalue weighted by molar-refractivity contribution is -0.135. The minimum atomic E-state index is -2.17. The van der Waals surface area contributed by atoms with Crippen LogP contribution in [0.4, 0.5) is 0 Å². The quantitative estimate of drug-likeness (QED) is 0.344. The van der Waals surface area contributed by atoms with E-state index in [0.29, 0.717) is 11.5 Å². The van der Waals surface area contributed by atoms with Gasteiger partial charge in [-0.15, -0.1) is 0 Å². The van der Waals surface area contributed by atoms with Gasteiger partial charge in [0, 0.05) is 19.1 Å². The Labute approximate surface area is 207 Å². The number of nitrogens with zero attached hydrogens (tertiary/aromatic N) is 1. The van der Waals surface area contributed by atoms with Crippen LogP contribution >= 0.6 is 34.8 Å². The highest BCUT2D eigenvalue weighted by Crippen LogP contribution is 2.37. The standard InChI is InChI=1S/C24H31N.C2HCl3O2/c1-24(2,3)22-15-10-16-23(17-22)25(18-20-11-6-4-7-12-20)19-21-13-8-5-9-14-21;3-2(4,5)1(6)7/h4-14,16,22-23H,15,17-19H2,1-3H3;(H,6,7)/t22-,23-;/m0./s1. The van der Waals surface area contributed by atoms with Crippen LogP contribution in [0.2, 0.25) is 0 Å². The van der Waals surface area contributed by atoms with Crippen molar-refractivity contribution in [2.75, 3.05) is 0 Å². The number of hydrogen-bond acceptors (Lipinski definition) is 2. The zero-order valence-electron chi connectivity index (χ0n) is 18.8. The fourth-order valence-corrected chi connectivity index (χ4v) is 3.77. The number of hydrogen-bond donors (Lipinski definition) is 1. The number of rotatable bonds is 5. The smallest absolute Gasteiger partial charge is 0.356 e. The van der Waals surface area contributed by atoms with Crippen LogP contribution in [0.25, 0.3) is 0 Å². The van der Waals surface area contributed by atoms with Gasteiger partial charge in [-0.25, -0.2) is 4.79 Å². The van der Waals surface area contributed by atoms with Crippen LogP contribution in [0.15, 0.2) is 72.8 Å². The second kappa shape index (κ2) is 12.1. The summed E-state index contributed by atoms with van der Waals surface area (Å²) in [6.45, 7) is 9.15. The summed E-state index contributed by atoms with van der Waals surface area (Å²) in [5.74, 6) is -0.714. The number of alkyl halides is 3. The predicted octanol–water partition coefficient (Wildman–Crippen LogP) is 7.51. The lowest BCUT2D eigenvalue weighted by Crippen LogP contribution is -2.38. The van der Waals surface area contributed by atoms with Crippen LogP contribution in [-0.4, -0.2) is 25.8 Å². The van der Waals surface area contributed by atoms with Gasteiger partial charge in [-0.1, -0.05) is 128 Å². The number of carboxylic acids is 1. The average Bonchev–Trinajstić information content (AvgIpc) is 2.74. The third kappa shape index (κ3) is 9.15. The van der Waals surface area contributed by atoms with Crippen molar-refractivity contribution >= 4 is 40.8 Å². The molecule has 0 bridgehead atoms. The van der Waals surface area contributed by atoms with E-state index in [9.17, 15) is 4.79 Å². The monoisotopic (exact) mass is 495 g/mol. The normalized spacial score (nSPS) is 18.7. The van der Waals surface area contributed by atoms with E-state index in [1.54, 1.807) is 0 Å². The Bertz CT molecular complexity index is 817. The van der Waals surface area contributed by atoms with E-state index in [2.05, 4.69) is 98.5 Å². The van der Waals surface area contributed by atoms with Gasteiger partial charge in [0.15, 0.2) is 0 Å². The fourth-order valence-electron chi connectivity index (χ4n) is 3.77. The van der Waals surface area contributed by atoms with E-state index in [4.69, 9.17) is 39.9 Å². The largest absolute Gasteiger partial charge is 0.478 e. The zero-order chi connectivity index (χ0) is 23.8. The van der Waals surface area contributed by atoms with Crippen molar-refractivity contribution in [3.8, 4) is 0 Å². The first-order chi connectivity index (χ1) is 15.0. The molecule has 0 heterocycles. The number of halogens is 3. The molecule has 3 nitrogen and oxygen atoms in total. The molecule has 2 aromatic carbocycles. The maximum atomic E-state index is 9.62. The summed E-state index contributed by atoms with van der Waals surface area (Å²) in [6, 6.07) is 22.3. The van der Waals surface area contributed by atoms with E-state index in [1.165, 1.54) is 24.0 Å². The molecule has 0 saturated heterocycles. The first kappa shape index (κ1) is 26.7. The number of carbonyl (C=O) groups is 1. The Balaban J connectivity index is 0.000000451. The molecule has 0 saturated carbocycles. The van der Waals surface area contributed by atoms with Gasteiger partial charge < -0.3 is 5.11 Å². The predicted molar refractivity (Wildman–Crippen MR) is 135 cm³/mol. The van der Waals surface area contributed by atoms with Crippen LogP contribution in [0, 0.1) is 11.3 Å². The van der Waals surface area contributed by atoms with E-state index >= 15 is 0 Å². The number of allylic oxidation sites excluding steroid dienone is 1. The van der Waals surface area contributed by atoms with Gasteiger partial charge in [0.25, 0.3) is 3.79 Å². The molecule has 0 fully saturated rings. The molecule has 1 aliphatic carbocycles. The highest BCUT2D eigenvalue weighted by Gasteiger charge is 2.31. The Morgan fingerprint density at radius 3 is 1.75 bits per heavy atom. The molecule has 1 N–H and O–H groups in total. The molecule has 1 aliphatic rings. The summed E-state index contributed by atoms with van der Waals surface area (Å²) in [5.41, 5.74) is 3.16. The van der Waals surface area contributed by atoms with Gasteiger partial charge in [-0.05, 0) is 35.3 Å². The van der Waals surface area contributed by atoms with Crippen LogP contribution in [0.3, 0.4) is 0 Å². The summed E-state index contributed by atoms with van der Waals surface area (Å²) >= 11 is 14.4. The van der Waals surface area contributed by atoms with E-state index in [1.807, 2.05) is 0 Å². The van der Waals surface area contributed by atoms with Crippen molar-refractivity contribution in [1.82, 2.24) is 4.90 Å². The van der Waals surface area contributed by atoms with Crippen molar-refractivity contribution in [1.29, 1.82) is 0 Å². The number of carboxylic acid groups (broad SMARTS) is 1. The molecule has 0 amide bonds. The molecule has 32 heavy (non-hydrogen) atoms. The number of benzene rings is 2. The molecule has 0 radical (unpaired) electrons. The summed E-state index contributed by atoms with van der Waals surface area (Å²) in [7, 11) is 0.